The second-order valence-corrected chi connectivity index (χ2v) is 10.2. The number of hydrogen-bond acceptors (Lipinski definition) is 8. The molecule has 2 aromatic rings. The van der Waals surface area contributed by atoms with E-state index >= 15 is 0 Å². The van der Waals surface area contributed by atoms with Crippen LogP contribution in [0.25, 0.3) is 0 Å². The van der Waals surface area contributed by atoms with E-state index in [9.17, 15) is 9.59 Å². The molecule has 0 unspecified atom stereocenters. The van der Waals surface area contributed by atoms with Gasteiger partial charge in [-0.2, -0.15) is 0 Å². The number of anilines is 1. The van der Waals surface area contributed by atoms with Crippen LogP contribution >= 0.6 is 46.2 Å². The summed E-state index contributed by atoms with van der Waals surface area (Å²) in [4.78, 5) is 25.3. The van der Waals surface area contributed by atoms with Crippen LogP contribution in [0.2, 0.25) is 0 Å². The molecule has 2 amide bonds. The highest BCUT2D eigenvalue weighted by Gasteiger charge is 2.25. The van der Waals surface area contributed by atoms with Crippen molar-refractivity contribution in [1.82, 2.24) is 10.2 Å². The lowest BCUT2D eigenvalue weighted by Gasteiger charge is -2.11. The Morgan fingerprint density at radius 2 is 1.88 bits per heavy atom. The van der Waals surface area contributed by atoms with Crippen LogP contribution in [-0.4, -0.2) is 33.5 Å². The van der Waals surface area contributed by atoms with Crippen molar-refractivity contribution >= 4 is 63.0 Å². The van der Waals surface area contributed by atoms with Crippen molar-refractivity contribution in [3.8, 4) is 0 Å². The summed E-state index contributed by atoms with van der Waals surface area (Å²) in [5.74, 6) is 0.545. The van der Waals surface area contributed by atoms with E-state index in [1.54, 1.807) is 11.8 Å². The molecule has 0 bridgehead atoms. The Bertz CT molecular complexity index is 787. The first kappa shape index (κ1) is 18.7. The Balaban J connectivity index is 1.64. The number of primary amides is 1. The van der Waals surface area contributed by atoms with Gasteiger partial charge in [-0.05, 0) is 37.0 Å². The number of hydrogen-bond donors (Lipinski definition) is 2. The molecular weight excluding hydrogens is 396 g/mol. The summed E-state index contributed by atoms with van der Waals surface area (Å²) in [5, 5.41) is 11.6. The molecule has 2 heterocycles. The Morgan fingerprint density at radius 1 is 1.16 bits per heavy atom. The average Bonchev–Trinajstić information content (AvgIpc) is 3.17. The van der Waals surface area contributed by atoms with Crippen LogP contribution in [0.5, 0.6) is 0 Å². The molecule has 0 aromatic carbocycles. The quantitative estimate of drug-likeness (QED) is 0.674. The SMILES string of the molecule is CCSc1nnc(SCC(=O)Nc2sc3c(c2C(N)=O)CCCC3)s1. The number of nitrogens with one attached hydrogen (secondary N) is 1. The first-order valence-corrected chi connectivity index (χ1v) is 11.5. The zero-order valence-electron chi connectivity index (χ0n) is 13.7. The number of aryl methyl sites for hydroxylation is 1. The van der Waals surface area contributed by atoms with Gasteiger partial charge in [0.1, 0.15) is 5.00 Å². The topological polar surface area (TPSA) is 98.0 Å². The van der Waals surface area contributed by atoms with Crippen molar-refractivity contribution in [1.29, 1.82) is 0 Å². The summed E-state index contributed by atoms with van der Waals surface area (Å²) in [5.41, 5.74) is 7.07. The Labute approximate surface area is 162 Å². The molecule has 0 saturated heterocycles. The number of amides is 2. The van der Waals surface area contributed by atoms with Crippen LogP contribution in [0.15, 0.2) is 8.68 Å². The van der Waals surface area contributed by atoms with E-state index in [4.69, 9.17) is 5.73 Å². The highest BCUT2D eigenvalue weighted by molar-refractivity contribution is 8.03. The van der Waals surface area contributed by atoms with E-state index in [1.165, 1.54) is 39.3 Å². The summed E-state index contributed by atoms with van der Waals surface area (Å²) in [6.45, 7) is 2.06. The largest absolute Gasteiger partial charge is 0.365 e. The molecule has 1 aliphatic rings. The standard InChI is InChI=1S/C15H18N4O2S4/c1-2-22-14-18-19-15(25-14)23-7-10(20)17-13-11(12(16)21)8-5-3-4-6-9(8)24-13/h2-7H2,1H3,(H2,16,21)(H,17,20). The third-order valence-corrected chi connectivity index (χ3v) is 7.93. The van der Waals surface area contributed by atoms with Crippen LogP contribution in [0.4, 0.5) is 5.00 Å². The molecule has 10 heteroatoms. The van der Waals surface area contributed by atoms with Gasteiger partial charge >= 0.3 is 0 Å². The number of rotatable bonds is 7. The van der Waals surface area contributed by atoms with Crippen molar-refractivity contribution in [3.05, 3.63) is 16.0 Å². The van der Waals surface area contributed by atoms with Gasteiger partial charge in [-0.15, -0.1) is 21.5 Å². The molecule has 1 aliphatic carbocycles. The number of aromatic nitrogens is 2. The van der Waals surface area contributed by atoms with Gasteiger partial charge in [0.2, 0.25) is 5.91 Å². The molecule has 25 heavy (non-hydrogen) atoms. The van der Waals surface area contributed by atoms with E-state index in [0.29, 0.717) is 10.6 Å². The van der Waals surface area contributed by atoms with Crippen molar-refractivity contribution in [2.24, 2.45) is 5.73 Å². The average molecular weight is 415 g/mol. The zero-order chi connectivity index (χ0) is 17.8. The molecular formula is C15H18N4O2S4. The number of thioether (sulfide) groups is 2. The first-order valence-electron chi connectivity index (χ1n) is 7.91. The lowest BCUT2D eigenvalue weighted by atomic mass is 9.95. The smallest absolute Gasteiger partial charge is 0.251 e. The Morgan fingerprint density at radius 3 is 2.60 bits per heavy atom. The molecule has 134 valence electrons. The summed E-state index contributed by atoms with van der Waals surface area (Å²) < 4.78 is 1.68. The minimum Gasteiger partial charge on any atom is -0.365 e. The maximum atomic E-state index is 12.3. The maximum Gasteiger partial charge on any atom is 0.251 e. The summed E-state index contributed by atoms with van der Waals surface area (Å²) in [6, 6.07) is 0. The molecule has 0 fully saturated rings. The predicted molar refractivity (Wildman–Crippen MR) is 105 cm³/mol. The van der Waals surface area contributed by atoms with Crippen LogP contribution in [0.1, 0.15) is 40.6 Å². The van der Waals surface area contributed by atoms with Gasteiger partial charge in [0.25, 0.3) is 5.91 Å². The summed E-state index contributed by atoms with van der Waals surface area (Å²) in [7, 11) is 0. The van der Waals surface area contributed by atoms with Gasteiger partial charge in [0, 0.05) is 4.88 Å². The van der Waals surface area contributed by atoms with Gasteiger partial charge < -0.3 is 11.1 Å². The third kappa shape index (κ3) is 4.55. The van der Waals surface area contributed by atoms with Gasteiger partial charge in [0.05, 0.1) is 11.3 Å². The monoisotopic (exact) mass is 414 g/mol. The van der Waals surface area contributed by atoms with E-state index in [0.717, 1.165) is 45.7 Å². The van der Waals surface area contributed by atoms with Crippen molar-refractivity contribution in [3.63, 3.8) is 0 Å². The summed E-state index contributed by atoms with van der Waals surface area (Å²) in [6.07, 6.45) is 3.98. The van der Waals surface area contributed by atoms with Gasteiger partial charge in [-0.3, -0.25) is 9.59 Å². The Hall–Kier alpha value is -1.10. The molecule has 3 rings (SSSR count). The van der Waals surface area contributed by atoms with E-state index in [-0.39, 0.29) is 11.7 Å². The highest BCUT2D eigenvalue weighted by atomic mass is 32.2. The minimum absolute atomic E-state index is 0.161. The molecule has 2 aromatic heterocycles. The zero-order valence-corrected chi connectivity index (χ0v) is 16.9. The normalized spacial score (nSPS) is 13.5. The molecule has 0 spiro atoms. The lowest BCUT2D eigenvalue weighted by molar-refractivity contribution is -0.113. The third-order valence-electron chi connectivity index (χ3n) is 3.65. The fourth-order valence-corrected chi connectivity index (χ4v) is 6.67. The highest BCUT2D eigenvalue weighted by Crippen LogP contribution is 2.38. The molecule has 3 N–H and O–H groups in total. The number of thiophene rings is 1. The Kier molecular flexibility index (Phi) is 6.37. The maximum absolute atomic E-state index is 12.3. The van der Waals surface area contributed by atoms with Gasteiger partial charge in [0.15, 0.2) is 8.68 Å². The van der Waals surface area contributed by atoms with Gasteiger partial charge in [-0.25, -0.2) is 0 Å². The fraction of sp³-hybridized carbons (Fsp3) is 0.467. The first-order chi connectivity index (χ1) is 12.1. The van der Waals surface area contributed by atoms with Crippen LogP contribution in [-0.2, 0) is 17.6 Å². The number of nitrogens with two attached hydrogens (primary N) is 1. The number of nitrogens with zero attached hydrogens (tertiary/aromatic N) is 2. The lowest BCUT2D eigenvalue weighted by Crippen LogP contribution is -2.19. The molecule has 0 aliphatic heterocycles. The molecule has 0 radical (unpaired) electrons. The van der Waals surface area contributed by atoms with E-state index in [2.05, 4.69) is 22.4 Å². The number of fused-ring (bicyclic) bond motifs is 1. The van der Waals surface area contributed by atoms with Crippen molar-refractivity contribution < 1.29 is 9.59 Å². The van der Waals surface area contributed by atoms with E-state index in [1.807, 2.05) is 0 Å². The second-order valence-electron chi connectivity index (χ2n) is 5.38. The van der Waals surface area contributed by atoms with Gasteiger partial charge in [-0.1, -0.05) is 41.8 Å². The number of carbonyl (C=O) groups excluding carboxylic acids is 2. The van der Waals surface area contributed by atoms with Crippen LogP contribution in [0.3, 0.4) is 0 Å². The second kappa shape index (κ2) is 8.52. The minimum atomic E-state index is -0.465. The predicted octanol–water partition coefficient (Wildman–Crippen LogP) is 3.42. The van der Waals surface area contributed by atoms with Crippen molar-refractivity contribution in [2.75, 3.05) is 16.8 Å². The molecule has 0 saturated carbocycles. The van der Waals surface area contributed by atoms with E-state index < -0.39 is 5.91 Å². The van der Waals surface area contributed by atoms with Crippen LogP contribution in [0, 0.1) is 0 Å². The fourth-order valence-electron chi connectivity index (χ4n) is 2.64. The van der Waals surface area contributed by atoms with Crippen molar-refractivity contribution in [2.45, 2.75) is 41.3 Å². The molecule has 0 atom stereocenters. The van der Waals surface area contributed by atoms with Crippen LogP contribution < -0.4 is 11.1 Å². The summed E-state index contributed by atoms with van der Waals surface area (Å²) >= 11 is 5.95. The number of carbonyl (C=O) groups is 2. The molecule has 6 nitrogen and oxygen atoms in total.